The number of hydrogen-bond donors (Lipinski definition) is 0. The minimum atomic E-state index is 0.815. The summed E-state index contributed by atoms with van der Waals surface area (Å²) in [5.74, 6) is 1.71. The second kappa shape index (κ2) is 3.08. The largest absolute Gasteiger partial charge is 0.0882 e. The Balaban J connectivity index is 1.95. The normalized spacial score (nSPS) is 30.0. The fourth-order valence-corrected chi connectivity index (χ4v) is 1.94. The zero-order valence-corrected chi connectivity index (χ0v) is 6.74. The second-order valence-electron chi connectivity index (χ2n) is 3.42. The van der Waals surface area contributed by atoms with E-state index in [1.807, 2.05) is 0 Å². The van der Waals surface area contributed by atoms with Gasteiger partial charge in [0.25, 0.3) is 0 Å². The maximum Gasteiger partial charge on any atom is -0.0161 e. The molecule has 0 unspecified atom stereocenters. The fraction of sp³-hybridized carbons (Fsp3) is 0.455. The van der Waals surface area contributed by atoms with E-state index in [-0.39, 0.29) is 0 Å². The standard InChI is InChI=1S/C11H14/c1-2-6-10(7-3-1)11-8-4-5-9-11/h1-6,10-11H,7-9H2/t10-/m1/s1. The summed E-state index contributed by atoms with van der Waals surface area (Å²) in [6.45, 7) is 0. The van der Waals surface area contributed by atoms with Gasteiger partial charge in [0.2, 0.25) is 0 Å². The van der Waals surface area contributed by atoms with Crippen molar-refractivity contribution in [2.75, 3.05) is 0 Å². The molecule has 0 nitrogen and oxygen atoms in total. The van der Waals surface area contributed by atoms with Crippen LogP contribution in [-0.2, 0) is 0 Å². The van der Waals surface area contributed by atoms with Gasteiger partial charge in [-0.25, -0.2) is 0 Å². The summed E-state index contributed by atoms with van der Waals surface area (Å²) in [7, 11) is 0. The fourth-order valence-electron chi connectivity index (χ4n) is 1.94. The predicted molar refractivity (Wildman–Crippen MR) is 48.3 cm³/mol. The lowest BCUT2D eigenvalue weighted by atomic mass is 9.85. The smallest absolute Gasteiger partial charge is 0.0161 e. The van der Waals surface area contributed by atoms with Crippen molar-refractivity contribution in [3.63, 3.8) is 0 Å². The van der Waals surface area contributed by atoms with Crippen molar-refractivity contribution < 1.29 is 0 Å². The molecule has 0 aromatic carbocycles. The van der Waals surface area contributed by atoms with E-state index in [1.54, 1.807) is 0 Å². The summed E-state index contributed by atoms with van der Waals surface area (Å²) >= 11 is 0. The first kappa shape index (κ1) is 6.90. The van der Waals surface area contributed by atoms with Crippen LogP contribution in [0.4, 0.5) is 0 Å². The van der Waals surface area contributed by atoms with Crippen molar-refractivity contribution >= 4 is 0 Å². The molecule has 2 aliphatic carbocycles. The highest BCUT2D eigenvalue weighted by atomic mass is 14.2. The third kappa shape index (κ3) is 1.45. The van der Waals surface area contributed by atoms with Gasteiger partial charge in [-0.1, -0.05) is 36.5 Å². The van der Waals surface area contributed by atoms with Gasteiger partial charge in [-0.3, -0.25) is 0 Å². The summed E-state index contributed by atoms with van der Waals surface area (Å²) in [5.41, 5.74) is 0. The van der Waals surface area contributed by atoms with Crippen LogP contribution in [0.2, 0.25) is 0 Å². The SMILES string of the molecule is C1=CC[C@H](C2CC=CC2)C=C1. The van der Waals surface area contributed by atoms with Gasteiger partial charge < -0.3 is 0 Å². The van der Waals surface area contributed by atoms with Crippen LogP contribution in [0.3, 0.4) is 0 Å². The van der Waals surface area contributed by atoms with Crippen molar-refractivity contribution in [2.24, 2.45) is 11.8 Å². The Morgan fingerprint density at radius 2 is 1.64 bits per heavy atom. The van der Waals surface area contributed by atoms with E-state index in [0.717, 1.165) is 11.8 Å². The molecule has 0 heterocycles. The average Bonchev–Trinajstić information content (AvgIpc) is 2.58. The van der Waals surface area contributed by atoms with Gasteiger partial charge in [0.1, 0.15) is 0 Å². The number of allylic oxidation sites excluding steroid dienone is 6. The van der Waals surface area contributed by atoms with E-state index in [9.17, 15) is 0 Å². The molecule has 0 spiro atoms. The molecule has 2 rings (SSSR count). The monoisotopic (exact) mass is 146 g/mol. The Kier molecular flexibility index (Phi) is 1.93. The van der Waals surface area contributed by atoms with Crippen LogP contribution in [0.1, 0.15) is 19.3 Å². The van der Waals surface area contributed by atoms with Gasteiger partial charge in [0.15, 0.2) is 0 Å². The van der Waals surface area contributed by atoms with Crippen LogP contribution < -0.4 is 0 Å². The summed E-state index contributed by atoms with van der Waals surface area (Å²) in [6.07, 6.45) is 17.5. The van der Waals surface area contributed by atoms with E-state index in [2.05, 4.69) is 36.5 Å². The Morgan fingerprint density at radius 3 is 2.27 bits per heavy atom. The quantitative estimate of drug-likeness (QED) is 0.499. The highest BCUT2D eigenvalue weighted by molar-refractivity contribution is 5.13. The van der Waals surface area contributed by atoms with Crippen LogP contribution in [0.15, 0.2) is 36.5 Å². The maximum atomic E-state index is 2.36. The molecule has 0 bridgehead atoms. The van der Waals surface area contributed by atoms with E-state index in [4.69, 9.17) is 0 Å². The third-order valence-corrected chi connectivity index (χ3v) is 2.66. The highest BCUT2D eigenvalue weighted by Crippen LogP contribution is 2.30. The lowest BCUT2D eigenvalue weighted by molar-refractivity contribution is 0.419. The first-order valence-electron chi connectivity index (χ1n) is 4.45. The summed E-state index contributed by atoms with van der Waals surface area (Å²) in [5, 5.41) is 0. The Hall–Kier alpha value is -0.780. The Labute approximate surface area is 68.3 Å². The Morgan fingerprint density at radius 1 is 0.818 bits per heavy atom. The molecule has 0 N–H and O–H groups in total. The molecule has 0 amide bonds. The van der Waals surface area contributed by atoms with Crippen LogP contribution in [0.25, 0.3) is 0 Å². The van der Waals surface area contributed by atoms with Gasteiger partial charge in [0.05, 0.1) is 0 Å². The molecular weight excluding hydrogens is 132 g/mol. The molecule has 0 heteroatoms. The molecule has 58 valence electrons. The minimum absolute atomic E-state index is 0.815. The molecule has 0 aromatic heterocycles. The van der Waals surface area contributed by atoms with Crippen molar-refractivity contribution in [1.29, 1.82) is 0 Å². The van der Waals surface area contributed by atoms with Gasteiger partial charge in [0, 0.05) is 0 Å². The average molecular weight is 146 g/mol. The van der Waals surface area contributed by atoms with E-state index >= 15 is 0 Å². The third-order valence-electron chi connectivity index (χ3n) is 2.66. The molecule has 0 saturated heterocycles. The van der Waals surface area contributed by atoms with Crippen molar-refractivity contribution in [3.05, 3.63) is 36.5 Å². The van der Waals surface area contributed by atoms with Crippen LogP contribution in [0.5, 0.6) is 0 Å². The van der Waals surface area contributed by atoms with Crippen molar-refractivity contribution in [2.45, 2.75) is 19.3 Å². The van der Waals surface area contributed by atoms with Gasteiger partial charge >= 0.3 is 0 Å². The van der Waals surface area contributed by atoms with E-state index in [0.29, 0.717) is 0 Å². The second-order valence-corrected chi connectivity index (χ2v) is 3.42. The van der Waals surface area contributed by atoms with Crippen LogP contribution in [-0.4, -0.2) is 0 Å². The number of rotatable bonds is 1. The predicted octanol–water partition coefficient (Wildman–Crippen LogP) is 3.08. The lowest BCUT2D eigenvalue weighted by Gasteiger charge is -2.19. The molecule has 2 aliphatic rings. The number of hydrogen-bond acceptors (Lipinski definition) is 0. The molecule has 0 fully saturated rings. The first-order valence-corrected chi connectivity index (χ1v) is 4.45. The van der Waals surface area contributed by atoms with Gasteiger partial charge in [-0.15, -0.1) is 0 Å². The van der Waals surface area contributed by atoms with Gasteiger partial charge in [-0.05, 0) is 31.1 Å². The molecule has 0 aliphatic heterocycles. The molecule has 0 aromatic rings. The van der Waals surface area contributed by atoms with Crippen molar-refractivity contribution in [3.8, 4) is 0 Å². The zero-order chi connectivity index (χ0) is 7.52. The topological polar surface area (TPSA) is 0 Å². The summed E-state index contributed by atoms with van der Waals surface area (Å²) in [4.78, 5) is 0. The highest BCUT2D eigenvalue weighted by Gasteiger charge is 2.19. The van der Waals surface area contributed by atoms with E-state index < -0.39 is 0 Å². The van der Waals surface area contributed by atoms with Crippen LogP contribution in [0, 0.1) is 11.8 Å². The Bertz CT molecular complexity index is 200. The van der Waals surface area contributed by atoms with Gasteiger partial charge in [-0.2, -0.15) is 0 Å². The van der Waals surface area contributed by atoms with E-state index in [1.165, 1.54) is 19.3 Å². The van der Waals surface area contributed by atoms with Crippen LogP contribution >= 0.6 is 0 Å². The van der Waals surface area contributed by atoms with Crippen molar-refractivity contribution in [1.82, 2.24) is 0 Å². The summed E-state index contributed by atoms with van der Waals surface area (Å²) < 4.78 is 0. The molecular formula is C11H14. The maximum absolute atomic E-state index is 2.36. The lowest BCUT2D eigenvalue weighted by Crippen LogP contribution is -2.09. The zero-order valence-electron chi connectivity index (χ0n) is 6.74. The summed E-state index contributed by atoms with van der Waals surface area (Å²) in [6, 6.07) is 0. The first-order chi connectivity index (χ1) is 5.47. The molecule has 11 heavy (non-hydrogen) atoms. The minimum Gasteiger partial charge on any atom is -0.0882 e. The molecule has 1 atom stereocenters. The molecule has 0 radical (unpaired) electrons. The molecule has 0 saturated carbocycles.